The second kappa shape index (κ2) is 9.06. The minimum Gasteiger partial charge on any atom is -0.339 e. The highest BCUT2D eigenvalue weighted by Gasteiger charge is 2.31. The lowest BCUT2D eigenvalue weighted by atomic mass is 9.95. The number of hydrogen-bond donors (Lipinski definition) is 1. The molecule has 0 bridgehead atoms. The number of quaternary nitrogens is 1. The minimum atomic E-state index is -4.16. The van der Waals surface area contributed by atoms with Gasteiger partial charge in [-0.3, -0.25) is 8.74 Å². The van der Waals surface area contributed by atoms with E-state index < -0.39 is 10.4 Å². The molecule has 29 heavy (non-hydrogen) atoms. The van der Waals surface area contributed by atoms with E-state index in [4.69, 9.17) is 4.55 Å². The third-order valence-corrected chi connectivity index (χ3v) is 6.86. The van der Waals surface area contributed by atoms with Crippen LogP contribution >= 0.6 is 11.8 Å². The topological polar surface area (TPSA) is 66.8 Å². The van der Waals surface area contributed by atoms with E-state index in [-0.39, 0.29) is 0 Å². The third kappa shape index (κ3) is 5.96. The molecule has 0 saturated carbocycles. The summed E-state index contributed by atoms with van der Waals surface area (Å²) in [5.41, 5.74) is 2.76. The minimum absolute atomic E-state index is 0.767. The van der Waals surface area contributed by atoms with Crippen molar-refractivity contribution in [2.75, 3.05) is 45.7 Å². The number of hydrogen-bond acceptors (Lipinski definition) is 5. The number of likely N-dealkylation sites (tertiary alicyclic amines) is 1. The maximum absolute atomic E-state index is 9.33. The SMILES string of the molecule is COS(=O)(=O)O.C[N+]1(C)CCCC(CN2c3ccccc3Sc3ccccc32)C1. The van der Waals surface area contributed by atoms with Gasteiger partial charge in [-0.15, -0.1) is 0 Å². The summed E-state index contributed by atoms with van der Waals surface area (Å²) in [5, 5.41) is 0. The van der Waals surface area contributed by atoms with Gasteiger partial charge < -0.3 is 9.38 Å². The van der Waals surface area contributed by atoms with Gasteiger partial charge in [-0.05, 0) is 37.1 Å². The lowest BCUT2D eigenvalue weighted by molar-refractivity contribution is -0.898. The monoisotopic (exact) mass is 437 g/mol. The molecule has 1 saturated heterocycles. The predicted molar refractivity (Wildman–Crippen MR) is 117 cm³/mol. The van der Waals surface area contributed by atoms with Crippen LogP contribution in [-0.4, -0.2) is 58.3 Å². The van der Waals surface area contributed by atoms with Crippen LogP contribution in [0, 0.1) is 5.92 Å². The number of anilines is 2. The van der Waals surface area contributed by atoms with Gasteiger partial charge in [-0.25, -0.2) is 0 Å². The summed E-state index contributed by atoms with van der Waals surface area (Å²) in [6.45, 7) is 3.74. The van der Waals surface area contributed by atoms with E-state index in [2.05, 4.69) is 71.7 Å². The van der Waals surface area contributed by atoms with Gasteiger partial charge in [0.05, 0.1) is 45.7 Å². The molecular formula is C21H29N2O4S2+. The van der Waals surface area contributed by atoms with Gasteiger partial charge in [-0.2, -0.15) is 8.42 Å². The van der Waals surface area contributed by atoms with Crippen molar-refractivity contribution in [1.82, 2.24) is 0 Å². The molecule has 0 amide bonds. The largest absolute Gasteiger partial charge is 0.397 e. The van der Waals surface area contributed by atoms with Gasteiger partial charge in [-0.1, -0.05) is 36.0 Å². The molecule has 1 N–H and O–H groups in total. The number of piperidine rings is 1. The maximum Gasteiger partial charge on any atom is 0.397 e. The van der Waals surface area contributed by atoms with Crippen molar-refractivity contribution in [3.8, 4) is 0 Å². The predicted octanol–water partition coefficient (Wildman–Crippen LogP) is 4.21. The first kappa shape index (κ1) is 22.1. The van der Waals surface area contributed by atoms with Crippen molar-refractivity contribution in [3.63, 3.8) is 0 Å². The molecule has 1 atom stereocenters. The van der Waals surface area contributed by atoms with Crippen LogP contribution in [0.3, 0.4) is 0 Å². The third-order valence-electron chi connectivity index (χ3n) is 5.31. The molecule has 0 aliphatic carbocycles. The Morgan fingerprint density at radius 3 is 2.10 bits per heavy atom. The molecule has 0 radical (unpaired) electrons. The number of para-hydroxylation sites is 2. The van der Waals surface area contributed by atoms with Crippen molar-refractivity contribution >= 4 is 33.5 Å². The first-order chi connectivity index (χ1) is 13.7. The number of rotatable bonds is 3. The van der Waals surface area contributed by atoms with E-state index in [1.54, 1.807) is 0 Å². The molecule has 6 nitrogen and oxygen atoms in total. The molecule has 4 rings (SSSR count). The fraction of sp³-hybridized carbons (Fsp3) is 0.429. The summed E-state index contributed by atoms with van der Waals surface area (Å²) in [7, 11) is 1.46. The normalized spacial score (nSPS) is 20.1. The highest BCUT2D eigenvalue weighted by Crippen LogP contribution is 2.48. The number of nitrogens with zero attached hydrogens (tertiary/aromatic N) is 2. The molecule has 1 fully saturated rings. The summed E-state index contributed by atoms with van der Waals surface area (Å²) >= 11 is 1.90. The fourth-order valence-corrected chi connectivity index (χ4v) is 5.17. The van der Waals surface area contributed by atoms with E-state index in [1.807, 2.05) is 11.8 Å². The Bertz CT molecular complexity index is 902. The van der Waals surface area contributed by atoms with Crippen LogP contribution in [0.15, 0.2) is 58.3 Å². The summed E-state index contributed by atoms with van der Waals surface area (Å²) in [6, 6.07) is 17.7. The van der Waals surface area contributed by atoms with Crippen LogP contribution in [0.2, 0.25) is 0 Å². The van der Waals surface area contributed by atoms with Crippen LogP contribution < -0.4 is 4.90 Å². The quantitative estimate of drug-likeness (QED) is 0.573. The van der Waals surface area contributed by atoms with Crippen molar-refractivity contribution < 1.29 is 21.6 Å². The summed E-state index contributed by atoms with van der Waals surface area (Å²) < 4.78 is 30.9. The second-order valence-corrected chi connectivity index (χ2v) is 10.4. The standard InChI is InChI=1S/C20H25N2S.CH4O4S/c1-22(2)13-7-8-16(15-22)14-21-17-9-3-5-11-19(17)23-20-12-6-4-10-18(20)21;1-5-6(2,3)4/h3-6,9-12,16H,7-8,13-15H2,1-2H3;1H3,(H,2,3,4)/q+1;. The summed E-state index contributed by atoms with van der Waals surface area (Å²) in [4.78, 5) is 5.34. The number of benzene rings is 2. The van der Waals surface area contributed by atoms with E-state index in [1.165, 1.54) is 47.1 Å². The average molecular weight is 438 g/mol. The smallest absolute Gasteiger partial charge is 0.339 e. The van der Waals surface area contributed by atoms with Crippen LogP contribution in [0.5, 0.6) is 0 Å². The average Bonchev–Trinajstić information content (AvgIpc) is 2.67. The zero-order valence-electron chi connectivity index (χ0n) is 17.1. The van der Waals surface area contributed by atoms with Crippen LogP contribution in [-0.2, 0) is 14.6 Å². The molecule has 1 unspecified atom stereocenters. The Hall–Kier alpha value is -1.58. The Morgan fingerprint density at radius 1 is 1.10 bits per heavy atom. The van der Waals surface area contributed by atoms with E-state index in [9.17, 15) is 8.42 Å². The Balaban J connectivity index is 0.000000353. The molecule has 2 aliphatic heterocycles. The van der Waals surface area contributed by atoms with Crippen molar-refractivity contribution in [1.29, 1.82) is 0 Å². The lowest BCUT2D eigenvalue weighted by Crippen LogP contribution is -2.49. The van der Waals surface area contributed by atoms with Crippen LogP contribution in [0.25, 0.3) is 0 Å². The highest BCUT2D eigenvalue weighted by atomic mass is 32.3. The Kier molecular flexibility index (Phi) is 6.90. The molecular weight excluding hydrogens is 408 g/mol. The van der Waals surface area contributed by atoms with Gasteiger partial charge in [0.1, 0.15) is 0 Å². The molecule has 2 aromatic carbocycles. The molecule has 158 valence electrons. The maximum atomic E-state index is 9.33. The van der Waals surface area contributed by atoms with E-state index in [0.717, 1.165) is 24.1 Å². The van der Waals surface area contributed by atoms with Gasteiger partial charge in [0.25, 0.3) is 0 Å². The first-order valence-corrected chi connectivity index (χ1v) is 11.9. The van der Waals surface area contributed by atoms with Crippen LogP contribution in [0.1, 0.15) is 12.8 Å². The van der Waals surface area contributed by atoms with Crippen molar-refractivity contribution in [2.45, 2.75) is 22.6 Å². The van der Waals surface area contributed by atoms with Crippen LogP contribution in [0.4, 0.5) is 11.4 Å². The van der Waals surface area contributed by atoms with Crippen molar-refractivity contribution in [3.05, 3.63) is 48.5 Å². The van der Waals surface area contributed by atoms with Gasteiger partial charge in [0.2, 0.25) is 0 Å². The Morgan fingerprint density at radius 2 is 1.62 bits per heavy atom. The van der Waals surface area contributed by atoms with Crippen molar-refractivity contribution in [2.24, 2.45) is 5.92 Å². The zero-order chi connectivity index (χ0) is 21.1. The van der Waals surface area contributed by atoms with Gasteiger partial charge in [0, 0.05) is 22.3 Å². The molecule has 2 heterocycles. The second-order valence-electron chi connectivity index (χ2n) is 8.09. The Labute approximate surface area is 178 Å². The lowest BCUT2D eigenvalue weighted by Gasteiger charge is -2.41. The van der Waals surface area contributed by atoms with E-state index in [0.29, 0.717) is 0 Å². The fourth-order valence-electron chi connectivity index (χ4n) is 4.07. The summed E-state index contributed by atoms with van der Waals surface area (Å²) in [5.74, 6) is 0.767. The van der Waals surface area contributed by atoms with Gasteiger partial charge in [0.15, 0.2) is 0 Å². The van der Waals surface area contributed by atoms with E-state index >= 15 is 0 Å². The van der Waals surface area contributed by atoms with Gasteiger partial charge >= 0.3 is 10.4 Å². The molecule has 2 aliphatic rings. The molecule has 2 aromatic rings. The number of fused-ring (bicyclic) bond motifs is 2. The zero-order valence-corrected chi connectivity index (χ0v) is 18.7. The molecule has 0 aromatic heterocycles. The highest BCUT2D eigenvalue weighted by molar-refractivity contribution is 7.99. The molecule has 0 spiro atoms. The first-order valence-electron chi connectivity index (χ1n) is 9.67. The summed E-state index contributed by atoms with van der Waals surface area (Å²) in [6.07, 6.45) is 2.71. The molecule has 8 heteroatoms.